The highest BCUT2D eigenvalue weighted by atomic mass is 16.6. The fraction of sp³-hybridized carbons (Fsp3) is 0.100. The lowest BCUT2D eigenvalue weighted by molar-refractivity contribution is -0.132. The van der Waals surface area contributed by atoms with Crippen LogP contribution in [0.1, 0.15) is 24.2 Å². The average Bonchev–Trinajstić information content (AvgIpc) is 2.64. The molecule has 0 bridgehead atoms. The Morgan fingerprint density at radius 2 is 1.46 bits per heavy atom. The Balaban J connectivity index is 2.21. The Morgan fingerprint density at radius 3 is 2.11 bits per heavy atom. The number of hydrogen-bond donors (Lipinski definition) is 0. The summed E-state index contributed by atoms with van der Waals surface area (Å²) in [7, 11) is 0. The molecule has 142 valence electrons. The van der Waals surface area contributed by atoms with Crippen molar-refractivity contribution in [2.24, 2.45) is 0 Å². The average molecular weight is 382 g/mol. The van der Waals surface area contributed by atoms with Gasteiger partial charge in [0, 0.05) is 13.8 Å². The predicted molar refractivity (Wildman–Crippen MR) is 96.5 cm³/mol. The molecule has 0 spiro atoms. The van der Waals surface area contributed by atoms with Gasteiger partial charge in [0.2, 0.25) is 0 Å². The van der Waals surface area contributed by atoms with E-state index in [4.69, 9.17) is 18.6 Å². The van der Waals surface area contributed by atoms with Gasteiger partial charge in [-0.1, -0.05) is 24.3 Å². The van der Waals surface area contributed by atoms with Gasteiger partial charge >= 0.3 is 23.5 Å². The molecule has 1 heterocycles. The van der Waals surface area contributed by atoms with Gasteiger partial charge in [-0.2, -0.15) is 0 Å². The summed E-state index contributed by atoms with van der Waals surface area (Å²) in [6.45, 7) is 2.29. The third-order valence-corrected chi connectivity index (χ3v) is 3.51. The zero-order chi connectivity index (χ0) is 20.3. The molecule has 28 heavy (non-hydrogen) atoms. The predicted octanol–water partition coefficient (Wildman–Crippen LogP) is 2.86. The highest BCUT2D eigenvalue weighted by Gasteiger charge is 2.25. The van der Waals surface area contributed by atoms with E-state index in [1.165, 1.54) is 37.3 Å². The lowest BCUT2D eigenvalue weighted by Crippen LogP contribution is -2.17. The quantitative estimate of drug-likeness (QED) is 0.385. The van der Waals surface area contributed by atoms with Gasteiger partial charge in [0.25, 0.3) is 5.75 Å². The first-order chi connectivity index (χ1) is 13.4. The molecule has 0 radical (unpaired) electrons. The smallest absolute Gasteiger partial charge is 0.383 e. The molecular formula is C20H14O8. The van der Waals surface area contributed by atoms with Gasteiger partial charge in [0.15, 0.2) is 5.75 Å². The maximum Gasteiger partial charge on any atom is 0.383 e. The molecule has 0 amide bonds. The topological polar surface area (TPSA) is 109 Å². The molecule has 3 aromatic rings. The Morgan fingerprint density at radius 1 is 0.786 bits per heavy atom. The summed E-state index contributed by atoms with van der Waals surface area (Å²) in [6, 6.07) is 12.2. The van der Waals surface area contributed by atoms with Crippen molar-refractivity contribution in [2.45, 2.75) is 13.8 Å². The summed E-state index contributed by atoms with van der Waals surface area (Å²) in [5.41, 5.74) is -0.878. The molecule has 0 atom stereocenters. The van der Waals surface area contributed by atoms with E-state index < -0.39 is 29.3 Å². The maximum absolute atomic E-state index is 12.4. The molecule has 3 rings (SSSR count). The van der Waals surface area contributed by atoms with Crippen LogP contribution in [-0.4, -0.2) is 17.9 Å². The molecule has 0 fully saturated rings. The van der Waals surface area contributed by atoms with Crippen LogP contribution in [0.4, 0.5) is 0 Å². The van der Waals surface area contributed by atoms with Gasteiger partial charge in [-0.15, -0.1) is 0 Å². The van der Waals surface area contributed by atoms with Gasteiger partial charge in [-0.3, -0.25) is 9.59 Å². The van der Waals surface area contributed by atoms with E-state index in [1.54, 1.807) is 18.2 Å². The number of esters is 3. The van der Waals surface area contributed by atoms with Crippen molar-refractivity contribution < 1.29 is 33.0 Å². The number of carbonyl (C=O) groups excluding carboxylic acids is 3. The summed E-state index contributed by atoms with van der Waals surface area (Å²) in [5.74, 6) is -3.31. The molecule has 8 nitrogen and oxygen atoms in total. The molecule has 2 aromatic carbocycles. The third-order valence-electron chi connectivity index (χ3n) is 3.51. The van der Waals surface area contributed by atoms with Gasteiger partial charge in [-0.05, 0) is 24.3 Å². The Hall–Kier alpha value is -3.94. The highest BCUT2D eigenvalue weighted by molar-refractivity contribution is 5.97. The van der Waals surface area contributed by atoms with Crippen molar-refractivity contribution in [3.8, 4) is 17.2 Å². The maximum atomic E-state index is 12.4. The van der Waals surface area contributed by atoms with Crippen molar-refractivity contribution >= 4 is 28.9 Å². The van der Waals surface area contributed by atoms with Crippen molar-refractivity contribution in [1.82, 2.24) is 0 Å². The molecule has 0 unspecified atom stereocenters. The fourth-order valence-corrected chi connectivity index (χ4v) is 2.47. The van der Waals surface area contributed by atoms with Crippen LogP contribution in [0.15, 0.2) is 57.7 Å². The molecule has 0 saturated carbocycles. The summed E-state index contributed by atoms with van der Waals surface area (Å²) < 4.78 is 20.6. The summed E-state index contributed by atoms with van der Waals surface area (Å²) in [6.07, 6.45) is 0. The minimum atomic E-state index is -1.03. The second-order valence-corrected chi connectivity index (χ2v) is 5.62. The van der Waals surface area contributed by atoms with Crippen LogP contribution in [0.2, 0.25) is 0 Å². The minimum absolute atomic E-state index is 0.00311. The second-order valence-electron chi connectivity index (χ2n) is 5.62. The fourth-order valence-electron chi connectivity index (χ4n) is 2.47. The van der Waals surface area contributed by atoms with Crippen LogP contribution >= 0.6 is 0 Å². The van der Waals surface area contributed by atoms with Crippen LogP contribution in [0.3, 0.4) is 0 Å². The number of hydrogen-bond acceptors (Lipinski definition) is 8. The first-order valence-corrected chi connectivity index (χ1v) is 8.10. The zero-order valence-corrected chi connectivity index (χ0v) is 14.9. The SMILES string of the molecule is CC(=O)Oc1cccc2oc(=O)c(OC(=O)c3ccccc3)c(OC(C)=O)c12. The molecule has 0 aliphatic rings. The lowest BCUT2D eigenvalue weighted by atomic mass is 10.2. The van der Waals surface area contributed by atoms with Crippen LogP contribution < -0.4 is 19.8 Å². The third kappa shape index (κ3) is 3.90. The van der Waals surface area contributed by atoms with Gasteiger partial charge < -0.3 is 18.6 Å². The van der Waals surface area contributed by atoms with Crippen molar-refractivity contribution in [1.29, 1.82) is 0 Å². The van der Waals surface area contributed by atoms with Crippen LogP contribution in [0.5, 0.6) is 17.2 Å². The molecular weight excluding hydrogens is 368 g/mol. The molecule has 0 saturated heterocycles. The van der Waals surface area contributed by atoms with Gasteiger partial charge in [0.05, 0.1) is 5.56 Å². The first kappa shape index (κ1) is 18.8. The standard InChI is InChI=1S/C20H14O8/c1-11(21)25-14-9-6-10-15-16(14)17(26-12(2)22)18(20(24)27-15)28-19(23)13-7-4-3-5-8-13/h3-10H,1-2H3. The summed E-state index contributed by atoms with van der Waals surface area (Å²) in [4.78, 5) is 47.8. The van der Waals surface area contributed by atoms with Crippen LogP contribution in [0.25, 0.3) is 11.0 Å². The number of ether oxygens (including phenoxy) is 3. The van der Waals surface area contributed by atoms with E-state index in [9.17, 15) is 19.2 Å². The Labute approximate surface area is 158 Å². The van der Waals surface area contributed by atoms with E-state index in [2.05, 4.69) is 0 Å². The number of carbonyl (C=O) groups is 3. The van der Waals surface area contributed by atoms with Crippen molar-refractivity contribution in [3.05, 3.63) is 64.5 Å². The summed E-state index contributed by atoms with van der Waals surface area (Å²) in [5, 5.41) is 0.00311. The summed E-state index contributed by atoms with van der Waals surface area (Å²) >= 11 is 0. The Kier molecular flexibility index (Phi) is 5.21. The van der Waals surface area contributed by atoms with E-state index in [1.807, 2.05) is 0 Å². The normalized spacial score (nSPS) is 10.4. The Bertz CT molecular complexity index is 1130. The number of benzene rings is 2. The van der Waals surface area contributed by atoms with Crippen molar-refractivity contribution in [3.63, 3.8) is 0 Å². The lowest BCUT2D eigenvalue weighted by Gasteiger charge is -2.13. The van der Waals surface area contributed by atoms with Gasteiger partial charge in [-0.25, -0.2) is 9.59 Å². The van der Waals surface area contributed by atoms with E-state index in [0.29, 0.717) is 0 Å². The number of fused-ring (bicyclic) bond motifs is 1. The van der Waals surface area contributed by atoms with E-state index in [0.717, 1.165) is 6.92 Å². The van der Waals surface area contributed by atoms with Crippen LogP contribution in [0, 0.1) is 0 Å². The van der Waals surface area contributed by atoms with E-state index in [-0.39, 0.29) is 28.0 Å². The van der Waals surface area contributed by atoms with Crippen LogP contribution in [-0.2, 0) is 9.59 Å². The highest BCUT2D eigenvalue weighted by Crippen LogP contribution is 2.39. The largest absolute Gasteiger partial charge is 0.426 e. The monoisotopic (exact) mass is 382 g/mol. The number of rotatable bonds is 4. The first-order valence-electron chi connectivity index (χ1n) is 8.10. The van der Waals surface area contributed by atoms with Gasteiger partial charge in [0.1, 0.15) is 16.7 Å². The zero-order valence-electron chi connectivity index (χ0n) is 14.9. The minimum Gasteiger partial charge on any atom is -0.426 e. The van der Waals surface area contributed by atoms with E-state index >= 15 is 0 Å². The molecule has 0 N–H and O–H groups in total. The van der Waals surface area contributed by atoms with Crippen molar-refractivity contribution in [2.75, 3.05) is 0 Å². The molecule has 0 aliphatic heterocycles. The molecule has 8 heteroatoms. The second kappa shape index (κ2) is 7.75. The molecule has 1 aromatic heterocycles. The molecule has 0 aliphatic carbocycles.